The van der Waals surface area contributed by atoms with E-state index in [1.807, 2.05) is 49.4 Å². The number of phenols is 1. The zero-order valence-electron chi connectivity index (χ0n) is 27.2. The highest BCUT2D eigenvalue weighted by Gasteiger charge is 2.74. The van der Waals surface area contributed by atoms with Gasteiger partial charge in [-0.1, -0.05) is 67.6 Å². The van der Waals surface area contributed by atoms with E-state index in [-0.39, 0.29) is 66.7 Å². The first-order valence-electron chi connectivity index (χ1n) is 16.3. The van der Waals surface area contributed by atoms with Crippen molar-refractivity contribution < 1.29 is 43.5 Å². The van der Waals surface area contributed by atoms with Gasteiger partial charge in [0.1, 0.15) is 12.2 Å². The molecule has 9 atom stereocenters. The maximum atomic E-state index is 13.8. The number of carbonyl (C=O) groups excluding carboxylic acids is 2. The van der Waals surface area contributed by atoms with Crippen molar-refractivity contribution in [1.82, 2.24) is 0 Å². The van der Waals surface area contributed by atoms with Gasteiger partial charge in [-0.25, -0.2) is 0 Å². The number of ketones is 1. The number of hydrogen-bond donors (Lipinski definition) is 2. The summed E-state index contributed by atoms with van der Waals surface area (Å²) in [4.78, 5) is 26.9. The predicted molar refractivity (Wildman–Crippen MR) is 171 cm³/mol. The lowest BCUT2D eigenvalue weighted by Crippen LogP contribution is -2.76. The molecular weight excluding hydrogens is 600 g/mol. The van der Waals surface area contributed by atoms with Crippen molar-refractivity contribution in [3.63, 3.8) is 0 Å². The number of Topliss-reactive ketones (excluding diaryl/α,β-unsaturated/α-hetero) is 1. The third kappa shape index (κ3) is 5.06. The van der Waals surface area contributed by atoms with Crippen LogP contribution in [0.25, 0.3) is 0 Å². The number of methoxy groups -OCH3 is 1. The molecule has 3 aliphatic carbocycles. The fourth-order valence-electron chi connectivity index (χ4n) is 8.89. The summed E-state index contributed by atoms with van der Waals surface area (Å²) in [5.41, 5.74) is 0.752. The Kier molecular flexibility index (Phi) is 7.75. The molecule has 2 aromatic carbocycles. The van der Waals surface area contributed by atoms with E-state index >= 15 is 0 Å². The lowest BCUT2D eigenvalue weighted by molar-refractivity contribution is -0.524. The summed E-state index contributed by atoms with van der Waals surface area (Å²) in [6.45, 7) is 10.0. The summed E-state index contributed by atoms with van der Waals surface area (Å²) in [5.74, 6) is -3.23. The third-order valence-corrected chi connectivity index (χ3v) is 10.9. The van der Waals surface area contributed by atoms with Crippen molar-refractivity contribution in [2.75, 3.05) is 13.7 Å². The van der Waals surface area contributed by atoms with Crippen LogP contribution in [-0.4, -0.2) is 65.1 Å². The van der Waals surface area contributed by atoms with E-state index in [0.717, 1.165) is 11.1 Å². The summed E-state index contributed by atoms with van der Waals surface area (Å²) >= 11 is 0. The second kappa shape index (κ2) is 11.4. The minimum Gasteiger partial charge on any atom is -0.504 e. The number of benzene rings is 2. The lowest BCUT2D eigenvalue weighted by Gasteiger charge is -2.67. The monoisotopic (exact) mass is 642 g/mol. The molecule has 3 bridgehead atoms. The Morgan fingerprint density at radius 3 is 2.60 bits per heavy atom. The summed E-state index contributed by atoms with van der Waals surface area (Å²) in [6.07, 6.45) is 4.19. The van der Waals surface area contributed by atoms with E-state index in [0.29, 0.717) is 29.6 Å². The topological polar surface area (TPSA) is 121 Å². The molecule has 3 fully saturated rings. The Morgan fingerprint density at radius 1 is 1.11 bits per heavy atom. The van der Waals surface area contributed by atoms with Crippen molar-refractivity contribution in [1.29, 1.82) is 0 Å². The van der Waals surface area contributed by atoms with Crippen LogP contribution in [0.1, 0.15) is 44.7 Å². The van der Waals surface area contributed by atoms with E-state index < -0.39 is 29.1 Å². The number of esters is 1. The summed E-state index contributed by atoms with van der Waals surface area (Å²) in [6, 6.07) is 14.6. The highest BCUT2D eigenvalue weighted by Crippen LogP contribution is 2.65. The van der Waals surface area contributed by atoms with Gasteiger partial charge >= 0.3 is 5.97 Å². The second-order valence-corrected chi connectivity index (χ2v) is 14.0. The van der Waals surface area contributed by atoms with Gasteiger partial charge in [0.2, 0.25) is 0 Å². The zero-order valence-corrected chi connectivity index (χ0v) is 27.2. The normalized spacial score (nSPS) is 36.8. The fraction of sp³-hybridized carbons (Fsp3) is 0.474. The van der Waals surface area contributed by atoms with Crippen molar-refractivity contribution in [2.45, 2.75) is 75.8 Å². The van der Waals surface area contributed by atoms with Gasteiger partial charge in [-0.05, 0) is 60.6 Å². The Balaban J connectivity index is 1.27. The molecule has 0 aromatic heterocycles. The molecule has 0 amide bonds. The lowest BCUT2D eigenvalue weighted by atomic mass is 9.55. The Hall–Kier alpha value is -3.76. The van der Waals surface area contributed by atoms with E-state index in [9.17, 15) is 19.8 Å². The van der Waals surface area contributed by atoms with Crippen LogP contribution in [0.5, 0.6) is 11.5 Å². The van der Waals surface area contributed by atoms with Crippen LogP contribution in [0.3, 0.4) is 0 Å². The molecule has 0 spiro atoms. The zero-order chi connectivity index (χ0) is 33.3. The average Bonchev–Trinajstić information content (AvgIpc) is 3.19. The first-order chi connectivity index (χ1) is 22.4. The van der Waals surface area contributed by atoms with E-state index in [1.54, 1.807) is 19.1 Å². The van der Waals surface area contributed by atoms with Crippen LogP contribution in [0.4, 0.5) is 0 Å². The molecule has 2 aromatic rings. The standard InChI is InChI=1S/C38H42O9/c1-21(2)33-27-14-23(4)38-28(34(27)46-37(45-33,47-38)19-24-9-7-6-8-10-24)15-26(18-36(42)31(38)13-22(3)35(36)41)20-44-32(40)17-25-11-12-29(39)30(16-25)43-5/h6-13,15-16,23,27-28,31,33-34,39,42H,1,14,17-20H2,2-5H3/t23-,27?,28+,31-,33?,34+,36-,37?,38-/m1/s1. The molecule has 2 N–H and O–H groups in total. The highest BCUT2D eigenvalue weighted by molar-refractivity contribution is 6.04. The van der Waals surface area contributed by atoms with E-state index in [4.69, 9.17) is 23.7 Å². The Labute approximate surface area is 274 Å². The summed E-state index contributed by atoms with van der Waals surface area (Å²) in [5, 5.41) is 22.4. The predicted octanol–water partition coefficient (Wildman–Crippen LogP) is 4.99. The fourth-order valence-corrected chi connectivity index (χ4v) is 8.89. The number of rotatable bonds is 8. The van der Waals surface area contributed by atoms with Crippen LogP contribution in [0, 0.1) is 23.7 Å². The third-order valence-electron chi connectivity index (χ3n) is 10.9. The van der Waals surface area contributed by atoms with Crippen molar-refractivity contribution >= 4 is 11.8 Å². The molecule has 0 radical (unpaired) electrons. The number of hydrogen-bond acceptors (Lipinski definition) is 9. The van der Waals surface area contributed by atoms with Crippen LogP contribution < -0.4 is 4.74 Å². The smallest absolute Gasteiger partial charge is 0.310 e. The minimum atomic E-state index is -1.80. The maximum Gasteiger partial charge on any atom is 0.310 e. The molecule has 2 heterocycles. The number of aliphatic hydroxyl groups is 1. The molecule has 2 saturated heterocycles. The van der Waals surface area contributed by atoms with Crippen molar-refractivity contribution in [3.05, 3.63) is 95.1 Å². The minimum absolute atomic E-state index is 0.00712. The van der Waals surface area contributed by atoms with Gasteiger partial charge in [0, 0.05) is 24.2 Å². The highest BCUT2D eigenvalue weighted by atomic mass is 16.9. The quantitative estimate of drug-likeness (QED) is 0.303. The van der Waals surface area contributed by atoms with E-state index in [2.05, 4.69) is 13.5 Å². The molecule has 2 aliphatic heterocycles. The molecule has 7 rings (SSSR count). The van der Waals surface area contributed by atoms with Gasteiger partial charge in [0.25, 0.3) is 5.97 Å². The van der Waals surface area contributed by atoms with Crippen LogP contribution in [-0.2, 0) is 41.4 Å². The van der Waals surface area contributed by atoms with Gasteiger partial charge in [0.05, 0.1) is 37.8 Å². The Bertz CT molecular complexity index is 1680. The summed E-state index contributed by atoms with van der Waals surface area (Å²) in [7, 11) is 1.44. The molecule has 1 saturated carbocycles. The number of carbonyl (C=O) groups is 2. The largest absolute Gasteiger partial charge is 0.504 e. The summed E-state index contributed by atoms with van der Waals surface area (Å²) < 4.78 is 31.8. The van der Waals surface area contributed by atoms with Crippen LogP contribution in [0.2, 0.25) is 0 Å². The van der Waals surface area contributed by atoms with Crippen LogP contribution >= 0.6 is 0 Å². The van der Waals surface area contributed by atoms with Gasteiger partial charge < -0.3 is 33.9 Å². The number of phenolic OH excluding ortho intramolecular Hbond substituents is 1. The molecular formula is C38H42O9. The molecule has 3 unspecified atom stereocenters. The number of aromatic hydroxyl groups is 1. The average molecular weight is 643 g/mol. The van der Waals surface area contributed by atoms with Crippen molar-refractivity contribution in [2.24, 2.45) is 23.7 Å². The second-order valence-electron chi connectivity index (χ2n) is 14.0. The van der Waals surface area contributed by atoms with Gasteiger partial charge in [-0.3, -0.25) is 9.59 Å². The molecule has 9 heteroatoms. The molecule has 47 heavy (non-hydrogen) atoms. The first-order valence-corrected chi connectivity index (χ1v) is 16.3. The van der Waals surface area contributed by atoms with Crippen molar-refractivity contribution in [3.8, 4) is 11.5 Å². The Morgan fingerprint density at radius 2 is 1.87 bits per heavy atom. The maximum absolute atomic E-state index is 13.8. The first kappa shape index (κ1) is 31.8. The number of fused-ring (bicyclic) bond motifs is 2. The molecule has 248 valence electrons. The van der Waals surface area contributed by atoms with Gasteiger partial charge in [0.15, 0.2) is 17.3 Å². The SMILES string of the molecule is C=C(C)C1OC2(Cc3ccccc3)O[C@H]3C1C[C@@H](C)[C@@]1(O2)[C@H]3C=C(COC(=O)Cc2ccc(O)c(OC)c2)C[C@]2(O)C(=O)C(C)=C[C@@H]12. The van der Waals surface area contributed by atoms with Gasteiger partial charge in [-0.15, -0.1) is 0 Å². The van der Waals surface area contributed by atoms with E-state index in [1.165, 1.54) is 13.2 Å². The van der Waals surface area contributed by atoms with Crippen LogP contribution in [0.15, 0.2) is 84.0 Å². The molecule has 5 aliphatic rings. The molecule has 9 nitrogen and oxygen atoms in total. The number of ether oxygens (including phenoxy) is 5. The van der Waals surface area contributed by atoms with Gasteiger partial charge in [-0.2, -0.15) is 0 Å².